The molecule has 0 aromatic rings. The molecule has 2 N–H and O–H groups in total. The maximum absolute atomic E-state index is 12.3. The highest BCUT2D eigenvalue weighted by molar-refractivity contribution is 5.86. The standard InChI is InChI=1S/C12H23N3O/c1-12(13,9-4-5-9)11(16)15-7-6-10(8-15)14(2)3/h9-10H,4-8,13H2,1-3H3. The van der Waals surface area contributed by atoms with E-state index in [-0.39, 0.29) is 5.91 Å². The largest absolute Gasteiger partial charge is 0.339 e. The summed E-state index contributed by atoms with van der Waals surface area (Å²) in [6, 6.07) is 0.499. The molecule has 1 aliphatic carbocycles. The molecule has 1 amide bonds. The van der Waals surface area contributed by atoms with Crippen molar-refractivity contribution in [2.75, 3.05) is 27.2 Å². The minimum atomic E-state index is -0.624. The van der Waals surface area contributed by atoms with Gasteiger partial charge < -0.3 is 15.5 Å². The Bertz CT molecular complexity index is 284. The Morgan fingerprint density at radius 3 is 2.44 bits per heavy atom. The summed E-state index contributed by atoms with van der Waals surface area (Å²) in [6.45, 7) is 3.60. The summed E-state index contributed by atoms with van der Waals surface area (Å²) >= 11 is 0. The van der Waals surface area contributed by atoms with Crippen LogP contribution in [0.2, 0.25) is 0 Å². The van der Waals surface area contributed by atoms with E-state index in [9.17, 15) is 4.79 Å². The molecule has 0 radical (unpaired) electrons. The van der Waals surface area contributed by atoms with Crippen molar-refractivity contribution in [2.45, 2.75) is 37.8 Å². The SMILES string of the molecule is CN(C)C1CCN(C(=O)C(C)(N)C2CC2)C1. The van der Waals surface area contributed by atoms with Gasteiger partial charge in [0.1, 0.15) is 0 Å². The van der Waals surface area contributed by atoms with Crippen LogP contribution in [0.25, 0.3) is 0 Å². The van der Waals surface area contributed by atoms with E-state index in [4.69, 9.17) is 5.73 Å². The maximum atomic E-state index is 12.3. The molecule has 2 atom stereocenters. The van der Waals surface area contributed by atoms with Gasteiger partial charge in [-0.05, 0) is 46.2 Å². The molecule has 1 saturated carbocycles. The van der Waals surface area contributed by atoms with Crippen molar-refractivity contribution in [1.29, 1.82) is 0 Å². The molecule has 1 aliphatic heterocycles. The molecular weight excluding hydrogens is 202 g/mol. The third kappa shape index (κ3) is 2.09. The number of nitrogens with two attached hydrogens (primary N) is 1. The molecule has 16 heavy (non-hydrogen) atoms. The van der Waals surface area contributed by atoms with Crippen LogP contribution in [0.4, 0.5) is 0 Å². The molecule has 1 heterocycles. The number of amides is 1. The lowest BCUT2D eigenvalue weighted by Gasteiger charge is -2.29. The third-order valence-corrected chi connectivity index (χ3v) is 4.07. The topological polar surface area (TPSA) is 49.6 Å². The highest BCUT2D eigenvalue weighted by Crippen LogP contribution is 2.39. The fraction of sp³-hybridized carbons (Fsp3) is 0.917. The summed E-state index contributed by atoms with van der Waals surface area (Å²) in [6.07, 6.45) is 3.30. The molecule has 0 aromatic heterocycles. The normalized spacial score (nSPS) is 29.6. The first-order chi connectivity index (χ1) is 7.43. The zero-order valence-corrected chi connectivity index (χ0v) is 10.6. The van der Waals surface area contributed by atoms with Gasteiger partial charge in [0.25, 0.3) is 0 Å². The second-order valence-corrected chi connectivity index (χ2v) is 5.71. The van der Waals surface area contributed by atoms with E-state index in [0.717, 1.165) is 32.4 Å². The van der Waals surface area contributed by atoms with Gasteiger partial charge in [-0.1, -0.05) is 0 Å². The second-order valence-electron chi connectivity index (χ2n) is 5.71. The van der Waals surface area contributed by atoms with E-state index < -0.39 is 5.54 Å². The van der Waals surface area contributed by atoms with E-state index in [2.05, 4.69) is 19.0 Å². The van der Waals surface area contributed by atoms with Crippen LogP contribution < -0.4 is 5.73 Å². The molecule has 2 unspecified atom stereocenters. The second kappa shape index (κ2) is 4.00. The number of hydrogen-bond acceptors (Lipinski definition) is 3. The quantitative estimate of drug-likeness (QED) is 0.750. The van der Waals surface area contributed by atoms with Gasteiger partial charge >= 0.3 is 0 Å². The van der Waals surface area contributed by atoms with Crippen LogP contribution in [0.5, 0.6) is 0 Å². The smallest absolute Gasteiger partial charge is 0.242 e. The van der Waals surface area contributed by atoms with E-state index in [1.807, 2.05) is 11.8 Å². The monoisotopic (exact) mass is 225 g/mol. The Balaban J connectivity index is 1.96. The molecule has 2 rings (SSSR count). The Morgan fingerprint density at radius 2 is 2.00 bits per heavy atom. The first kappa shape index (κ1) is 11.9. The fourth-order valence-electron chi connectivity index (χ4n) is 2.55. The van der Waals surface area contributed by atoms with Crippen molar-refractivity contribution in [1.82, 2.24) is 9.80 Å². The van der Waals surface area contributed by atoms with Gasteiger partial charge in [0.05, 0.1) is 5.54 Å². The van der Waals surface area contributed by atoms with Crippen LogP contribution in [0.15, 0.2) is 0 Å². The van der Waals surface area contributed by atoms with Crippen LogP contribution >= 0.6 is 0 Å². The van der Waals surface area contributed by atoms with Gasteiger partial charge in [0.15, 0.2) is 0 Å². The predicted molar refractivity (Wildman–Crippen MR) is 64.0 cm³/mol. The fourth-order valence-corrected chi connectivity index (χ4v) is 2.55. The molecule has 1 saturated heterocycles. The van der Waals surface area contributed by atoms with Crippen molar-refractivity contribution in [3.63, 3.8) is 0 Å². The molecule has 0 spiro atoms. The summed E-state index contributed by atoms with van der Waals surface area (Å²) < 4.78 is 0. The Morgan fingerprint density at radius 1 is 1.38 bits per heavy atom. The maximum Gasteiger partial charge on any atom is 0.242 e. The zero-order chi connectivity index (χ0) is 11.9. The minimum absolute atomic E-state index is 0.152. The number of likely N-dealkylation sites (tertiary alicyclic amines) is 1. The van der Waals surface area contributed by atoms with E-state index in [1.165, 1.54) is 0 Å². The average molecular weight is 225 g/mol. The predicted octanol–water partition coefficient (Wildman–Crippen LogP) is 0.276. The van der Waals surface area contributed by atoms with Crippen LogP contribution in [0, 0.1) is 5.92 Å². The van der Waals surface area contributed by atoms with Gasteiger partial charge in [-0.2, -0.15) is 0 Å². The lowest BCUT2D eigenvalue weighted by molar-refractivity contribution is -0.136. The lowest BCUT2D eigenvalue weighted by atomic mass is 9.95. The number of nitrogens with zero attached hydrogens (tertiary/aromatic N) is 2. The number of rotatable bonds is 3. The molecular formula is C12H23N3O. The van der Waals surface area contributed by atoms with Gasteiger partial charge in [-0.15, -0.1) is 0 Å². The summed E-state index contributed by atoms with van der Waals surface area (Å²) in [7, 11) is 4.14. The summed E-state index contributed by atoms with van der Waals surface area (Å²) in [5, 5.41) is 0. The highest BCUT2D eigenvalue weighted by atomic mass is 16.2. The summed E-state index contributed by atoms with van der Waals surface area (Å²) in [4.78, 5) is 16.4. The number of hydrogen-bond donors (Lipinski definition) is 1. The highest BCUT2D eigenvalue weighted by Gasteiger charge is 2.47. The zero-order valence-electron chi connectivity index (χ0n) is 10.6. The number of likely N-dealkylation sites (N-methyl/N-ethyl adjacent to an activating group) is 1. The van der Waals surface area contributed by atoms with Crippen molar-refractivity contribution in [2.24, 2.45) is 11.7 Å². The summed E-state index contributed by atoms with van der Waals surface area (Å²) in [5.74, 6) is 0.567. The summed E-state index contributed by atoms with van der Waals surface area (Å²) in [5.41, 5.74) is 5.54. The average Bonchev–Trinajstić information content (AvgIpc) is 2.95. The third-order valence-electron chi connectivity index (χ3n) is 4.07. The van der Waals surface area contributed by atoms with Crippen LogP contribution in [-0.2, 0) is 4.79 Å². The van der Waals surface area contributed by atoms with E-state index in [1.54, 1.807) is 0 Å². The molecule has 0 aromatic carbocycles. The van der Waals surface area contributed by atoms with Crippen LogP contribution in [0.3, 0.4) is 0 Å². The van der Waals surface area contributed by atoms with Crippen molar-refractivity contribution in [3.05, 3.63) is 0 Å². The first-order valence-electron chi connectivity index (χ1n) is 6.17. The molecule has 92 valence electrons. The molecule has 2 fully saturated rings. The number of carbonyl (C=O) groups is 1. The van der Waals surface area contributed by atoms with Crippen molar-refractivity contribution in [3.8, 4) is 0 Å². The van der Waals surface area contributed by atoms with Gasteiger partial charge in [0.2, 0.25) is 5.91 Å². The first-order valence-corrected chi connectivity index (χ1v) is 6.17. The van der Waals surface area contributed by atoms with Crippen LogP contribution in [-0.4, -0.2) is 54.5 Å². The Kier molecular flexibility index (Phi) is 2.97. The van der Waals surface area contributed by atoms with Gasteiger partial charge in [-0.25, -0.2) is 0 Å². The Labute approximate surface area is 97.8 Å². The minimum Gasteiger partial charge on any atom is -0.339 e. The molecule has 4 heteroatoms. The Hall–Kier alpha value is -0.610. The van der Waals surface area contributed by atoms with Crippen molar-refractivity contribution < 1.29 is 4.79 Å². The molecule has 2 aliphatic rings. The van der Waals surface area contributed by atoms with Crippen LogP contribution in [0.1, 0.15) is 26.2 Å². The molecule has 4 nitrogen and oxygen atoms in total. The van der Waals surface area contributed by atoms with E-state index >= 15 is 0 Å². The van der Waals surface area contributed by atoms with E-state index in [0.29, 0.717) is 12.0 Å². The van der Waals surface area contributed by atoms with Gasteiger partial charge in [0, 0.05) is 19.1 Å². The number of carbonyl (C=O) groups excluding carboxylic acids is 1. The van der Waals surface area contributed by atoms with Crippen molar-refractivity contribution >= 4 is 5.91 Å². The molecule has 0 bridgehead atoms. The lowest BCUT2D eigenvalue weighted by Crippen LogP contribution is -2.54. The van der Waals surface area contributed by atoms with Gasteiger partial charge in [-0.3, -0.25) is 4.79 Å².